The third-order valence-corrected chi connectivity index (χ3v) is 4.99. The summed E-state index contributed by atoms with van der Waals surface area (Å²) < 4.78 is 15.6. The van der Waals surface area contributed by atoms with Crippen LogP contribution in [0, 0.1) is 19.7 Å². The van der Waals surface area contributed by atoms with Crippen molar-refractivity contribution in [2.24, 2.45) is 0 Å². The number of hydrogen-bond donors (Lipinski definition) is 1. The molecule has 0 aliphatic rings. The predicted octanol–water partition coefficient (Wildman–Crippen LogP) is 4.57. The molecule has 0 saturated heterocycles. The lowest BCUT2D eigenvalue weighted by Gasteiger charge is -2.14. The van der Waals surface area contributed by atoms with Gasteiger partial charge in [-0.2, -0.15) is 5.10 Å². The van der Waals surface area contributed by atoms with E-state index < -0.39 is 0 Å². The highest BCUT2D eigenvalue weighted by atomic mass is 35.5. The second kappa shape index (κ2) is 8.57. The molecule has 0 radical (unpaired) electrons. The maximum absolute atomic E-state index is 13.8. The number of carbonyl (C=O) groups excluding carboxylic acids is 1. The summed E-state index contributed by atoms with van der Waals surface area (Å²) in [6, 6.07) is 13.9. The molecule has 1 aromatic heterocycles. The standard InChI is InChI=1S/C22H23ClFN3O/c1-14(12-17-6-4-5-7-21(17)24)25-22(28)13-20-15(2)26-27(16(20)3)19-10-8-18(23)9-11-19/h4-11,14H,12-13H2,1-3H3,(H,25,28). The van der Waals surface area contributed by atoms with Crippen LogP contribution in [0.5, 0.6) is 0 Å². The minimum Gasteiger partial charge on any atom is -0.353 e. The highest BCUT2D eigenvalue weighted by molar-refractivity contribution is 6.30. The van der Waals surface area contributed by atoms with Gasteiger partial charge in [-0.25, -0.2) is 9.07 Å². The minimum absolute atomic E-state index is 0.106. The molecule has 6 heteroatoms. The van der Waals surface area contributed by atoms with Crippen LogP contribution in [0.1, 0.15) is 29.4 Å². The largest absolute Gasteiger partial charge is 0.353 e. The van der Waals surface area contributed by atoms with Crippen molar-refractivity contribution in [3.63, 3.8) is 0 Å². The Hall–Kier alpha value is -2.66. The zero-order valence-electron chi connectivity index (χ0n) is 16.2. The van der Waals surface area contributed by atoms with E-state index in [4.69, 9.17) is 11.6 Å². The van der Waals surface area contributed by atoms with Gasteiger partial charge in [-0.3, -0.25) is 4.79 Å². The van der Waals surface area contributed by atoms with Crippen molar-refractivity contribution in [3.05, 3.63) is 81.9 Å². The molecule has 0 bridgehead atoms. The van der Waals surface area contributed by atoms with E-state index in [2.05, 4.69) is 10.4 Å². The van der Waals surface area contributed by atoms with E-state index in [0.717, 1.165) is 22.6 Å². The fourth-order valence-electron chi connectivity index (χ4n) is 3.30. The van der Waals surface area contributed by atoms with E-state index >= 15 is 0 Å². The summed E-state index contributed by atoms with van der Waals surface area (Å²) in [6.45, 7) is 5.71. The van der Waals surface area contributed by atoms with Crippen LogP contribution in [0.25, 0.3) is 5.69 Å². The van der Waals surface area contributed by atoms with Crippen molar-refractivity contribution >= 4 is 17.5 Å². The van der Waals surface area contributed by atoms with E-state index in [-0.39, 0.29) is 24.2 Å². The Morgan fingerprint density at radius 3 is 2.54 bits per heavy atom. The first kappa shape index (κ1) is 20.1. The fraction of sp³-hybridized carbons (Fsp3) is 0.273. The van der Waals surface area contributed by atoms with E-state index in [0.29, 0.717) is 17.0 Å². The Kier molecular flexibility index (Phi) is 6.15. The van der Waals surface area contributed by atoms with Crippen LogP contribution in [-0.2, 0) is 17.6 Å². The number of benzene rings is 2. The molecule has 1 amide bonds. The van der Waals surface area contributed by atoms with E-state index in [1.54, 1.807) is 18.2 Å². The lowest BCUT2D eigenvalue weighted by molar-refractivity contribution is -0.121. The molecular formula is C22H23ClFN3O. The second-order valence-corrected chi connectivity index (χ2v) is 7.41. The van der Waals surface area contributed by atoms with Crippen LogP contribution < -0.4 is 5.32 Å². The van der Waals surface area contributed by atoms with Gasteiger partial charge in [0.1, 0.15) is 5.82 Å². The third-order valence-electron chi connectivity index (χ3n) is 4.74. The van der Waals surface area contributed by atoms with Crippen LogP contribution in [0.15, 0.2) is 48.5 Å². The number of halogens is 2. The lowest BCUT2D eigenvalue weighted by Crippen LogP contribution is -2.35. The van der Waals surface area contributed by atoms with Gasteiger partial charge in [0.15, 0.2) is 0 Å². The van der Waals surface area contributed by atoms with Gasteiger partial charge >= 0.3 is 0 Å². The zero-order valence-corrected chi connectivity index (χ0v) is 16.9. The summed E-state index contributed by atoms with van der Waals surface area (Å²) in [4.78, 5) is 12.5. The summed E-state index contributed by atoms with van der Waals surface area (Å²) in [5, 5.41) is 8.18. The molecule has 1 heterocycles. The molecule has 4 nitrogen and oxygen atoms in total. The highest BCUT2D eigenvalue weighted by Gasteiger charge is 2.17. The molecule has 1 N–H and O–H groups in total. The fourth-order valence-corrected chi connectivity index (χ4v) is 3.42. The van der Waals surface area contributed by atoms with E-state index in [1.807, 2.05) is 49.7 Å². The molecule has 2 aromatic carbocycles. The first-order valence-electron chi connectivity index (χ1n) is 9.19. The monoisotopic (exact) mass is 399 g/mol. The summed E-state index contributed by atoms with van der Waals surface area (Å²) in [7, 11) is 0. The molecule has 1 atom stereocenters. The maximum atomic E-state index is 13.8. The molecule has 146 valence electrons. The molecular weight excluding hydrogens is 377 g/mol. The lowest BCUT2D eigenvalue weighted by atomic mass is 10.1. The molecule has 1 unspecified atom stereocenters. The van der Waals surface area contributed by atoms with Crippen molar-refractivity contribution in [2.45, 2.75) is 39.7 Å². The number of aromatic nitrogens is 2. The normalized spacial score (nSPS) is 12.0. The quantitative estimate of drug-likeness (QED) is 0.659. The van der Waals surface area contributed by atoms with Crippen LogP contribution >= 0.6 is 11.6 Å². The Morgan fingerprint density at radius 1 is 1.18 bits per heavy atom. The van der Waals surface area contributed by atoms with Crippen LogP contribution in [0.3, 0.4) is 0 Å². The number of carbonyl (C=O) groups is 1. The average molecular weight is 400 g/mol. The van der Waals surface area contributed by atoms with E-state index in [9.17, 15) is 9.18 Å². The highest BCUT2D eigenvalue weighted by Crippen LogP contribution is 2.20. The maximum Gasteiger partial charge on any atom is 0.224 e. The van der Waals surface area contributed by atoms with Crippen molar-refractivity contribution in [1.29, 1.82) is 0 Å². The Bertz CT molecular complexity index is 982. The van der Waals surface area contributed by atoms with Gasteiger partial charge in [-0.1, -0.05) is 29.8 Å². The summed E-state index contributed by atoms with van der Waals surface area (Å²) in [6.07, 6.45) is 0.674. The van der Waals surface area contributed by atoms with E-state index in [1.165, 1.54) is 6.07 Å². The zero-order chi connectivity index (χ0) is 20.3. The van der Waals surface area contributed by atoms with Crippen molar-refractivity contribution < 1.29 is 9.18 Å². The van der Waals surface area contributed by atoms with Gasteiger partial charge in [0, 0.05) is 22.3 Å². The molecule has 3 aromatic rings. The number of nitrogens with zero attached hydrogens (tertiary/aromatic N) is 2. The van der Waals surface area contributed by atoms with Gasteiger partial charge in [-0.15, -0.1) is 0 Å². The van der Waals surface area contributed by atoms with Crippen LogP contribution in [-0.4, -0.2) is 21.7 Å². The summed E-state index contributed by atoms with van der Waals surface area (Å²) in [5.74, 6) is -0.356. The number of nitrogens with one attached hydrogen (secondary N) is 1. The SMILES string of the molecule is Cc1nn(-c2ccc(Cl)cc2)c(C)c1CC(=O)NC(C)Cc1ccccc1F. The average Bonchev–Trinajstić information content (AvgIpc) is 2.92. The topological polar surface area (TPSA) is 46.9 Å². The Balaban J connectivity index is 1.68. The molecule has 0 aliphatic carbocycles. The van der Waals surface area contributed by atoms with Gasteiger partial charge in [-0.05, 0) is 63.1 Å². The summed E-state index contributed by atoms with van der Waals surface area (Å²) in [5.41, 5.74) is 4.11. The molecule has 0 fully saturated rings. The van der Waals surface area contributed by atoms with Crippen LogP contribution in [0.2, 0.25) is 5.02 Å². The molecule has 0 aliphatic heterocycles. The molecule has 0 spiro atoms. The number of hydrogen-bond acceptors (Lipinski definition) is 2. The van der Waals surface area contributed by atoms with Gasteiger partial charge < -0.3 is 5.32 Å². The third kappa shape index (κ3) is 4.60. The Morgan fingerprint density at radius 2 is 1.86 bits per heavy atom. The van der Waals surface area contributed by atoms with Gasteiger partial charge in [0.25, 0.3) is 0 Å². The second-order valence-electron chi connectivity index (χ2n) is 6.98. The smallest absolute Gasteiger partial charge is 0.224 e. The predicted molar refractivity (Wildman–Crippen MR) is 109 cm³/mol. The van der Waals surface area contributed by atoms with Gasteiger partial charge in [0.05, 0.1) is 17.8 Å². The van der Waals surface area contributed by atoms with Crippen molar-refractivity contribution in [2.75, 3.05) is 0 Å². The van der Waals surface area contributed by atoms with Crippen molar-refractivity contribution in [3.8, 4) is 5.69 Å². The molecule has 0 saturated carbocycles. The van der Waals surface area contributed by atoms with Crippen molar-refractivity contribution in [1.82, 2.24) is 15.1 Å². The summed E-state index contributed by atoms with van der Waals surface area (Å²) >= 11 is 5.95. The number of rotatable bonds is 6. The first-order valence-corrected chi connectivity index (χ1v) is 9.56. The molecule has 28 heavy (non-hydrogen) atoms. The first-order chi connectivity index (χ1) is 13.3. The molecule has 3 rings (SSSR count). The number of aryl methyl sites for hydroxylation is 1. The van der Waals surface area contributed by atoms with Gasteiger partial charge in [0.2, 0.25) is 5.91 Å². The Labute approximate surface area is 169 Å². The number of amides is 1. The van der Waals surface area contributed by atoms with Crippen LogP contribution in [0.4, 0.5) is 4.39 Å². The minimum atomic E-state index is -0.250.